The summed E-state index contributed by atoms with van der Waals surface area (Å²) in [6.07, 6.45) is 5.16. The summed E-state index contributed by atoms with van der Waals surface area (Å²) in [5.74, 6) is -0.0870. The van der Waals surface area contributed by atoms with Crippen LogP contribution in [0.4, 0.5) is 5.13 Å². The van der Waals surface area contributed by atoms with Crippen molar-refractivity contribution in [1.82, 2.24) is 9.55 Å². The van der Waals surface area contributed by atoms with E-state index in [0.717, 1.165) is 12.1 Å². The average molecular weight is 361 g/mol. The first kappa shape index (κ1) is 16.5. The van der Waals surface area contributed by atoms with Crippen molar-refractivity contribution >= 4 is 50.3 Å². The molecule has 0 N–H and O–H groups in total. The molecule has 0 radical (unpaired) electrons. The van der Waals surface area contributed by atoms with Crippen molar-refractivity contribution in [3.8, 4) is 0 Å². The standard InChI is InChI=1S/C21H19N3OS/c1-3-24-18-7-5-4-6-16(18)17-14-15(8-10-19(17)24)9-11-20(25)23(2)21-22-12-13-26-21/h4-14H,3H2,1-2H3/b11-9+. The molecule has 1 amide bonds. The molecule has 0 saturated carbocycles. The zero-order chi connectivity index (χ0) is 18.1. The predicted octanol–water partition coefficient (Wildman–Crippen LogP) is 4.95. The first-order chi connectivity index (χ1) is 12.7. The van der Waals surface area contributed by atoms with Crippen LogP contribution < -0.4 is 4.90 Å². The molecule has 5 heteroatoms. The van der Waals surface area contributed by atoms with Crippen molar-refractivity contribution in [1.29, 1.82) is 0 Å². The van der Waals surface area contributed by atoms with Crippen molar-refractivity contribution in [2.75, 3.05) is 11.9 Å². The monoisotopic (exact) mass is 361 g/mol. The summed E-state index contributed by atoms with van der Waals surface area (Å²) in [5, 5.41) is 5.01. The number of hydrogen-bond acceptors (Lipinski definition) is 3. The Kier molecular flexibility index (Phi) is 4.31. The van der Waals surface area contributed by atoms with Crippen LogP contribution in [0.5, 0.6) is 0 Å². The SMILES string of the molecule is CCn1c2ccccc2c2cc(/C=C/C(=O)N(C)c3nccs3)ccc21. The van der Waals surface area contributed by atoms with Gasteiger partial charge in [-0.1, -0.05) is 24.3 Å². The number of carbonyl (C=O) groups excluding carboxylic acids is 1. The molecular weight excluding hydrogens is 342 g/mol. The molecule has 0 fully saturated rings. The van der Waals surface area contributed by atoms with Crippen LogP contribution in [0.2, 0.25) is 0 Å². The molecule has 2 aromatic heterocycles. The maximum absolute atomic E-state index is 12.3. The van der Waals surface area contributed by atoms with Crippen molar-refractivity contribution < 1.29 is 4.79 Å². The van der Waals surface area contributed by atoms with Gasteiger partial charge in [0.2, 0.25) is 0 Å². The van der Waals surface area contributed by atoms with E-state index in [1.54, 1.807) is 24.2 Å². The van der Waals surface area contributed by atoms with Gasteiger partial charge in [0.25, 0.3) is 5.91 Å². The van der Waals surface area contributed by atoms with Gasteiger partial charge in [-0.3, -0.25) is 9.69 Å². The van der Waals surface area contributed by atoms with Crippen molar-refractivity contribution in [3.63, 3.8) is 0 Å². The number of aromatic nitrogens is 2. The molecule has 0 aliphatic carbocycles. The zero-order valence-electron chi connectivity index (χ0n) is 14.7. The van der Waals surface area contributed by atoms with Gasteiger partial charge >= 0.3 is 0 Å². The van der Waals surface area contributed by atoms with Crippen LogP contribution in [-0.4, -0.2) is 22.5 Å². The van der Waals surface area contributed by atoms with Gasteiger partial charge in [0.1, 0.15) is 0 Å². The lowest BCUT2D eigenvalue weighted by atomic mass is 10.1. The Morgan fingerprint density at radius 2 is 2.00 bits per heavy atom. The lowest BCUT2D eigenvalue weighted by molar-refractivity contribution is -0.113. The number of nitrogens with zero attached hydrogens (tertiary/aromatic N) is 3. The number of thiazole rings is 1. The molecule has 2 heterocycles. The number of hydrogen-bond donors (Lipinski definition) is 0. The summed E-state index contributed by atoms with van der Waals surface area (Å²) >= 11 is 1.45. The maximum Gasteiger partial charge on any atom is 0.252 e. The van der Waals surface area contributed by atoms with Crippen LogP contribution in [-0.2, 0) is 11.3 Å². The quantitative estimate of drug-likeness (QED) is 0.483. The molecule has 0 unspecified atom stereocenters. The summed E-state index contributed by atoms with van der Waals surface area (Å²) < 4.78 is 2.32. The van der Waals surface area contributed by atoms with Gasteiger partial charge in [-0.25, -0.2) is 4.98 Å². The molecular formula is C21H19N3OS. The fourth-order valence-corrected chi connectivity index (χ4v) is 3.88. The molecule has 0 aliphatic rings. The summed E-state index contributed by atoms with van der Waals surface area (Å²) in [5.41, 5.74) is 3.47. The minimum atomic E-state index is -0.0870. The zero-order valence-corrected chi connectivity index (χ0v) is 15.5. The van der Waals surface area contributed by atoms with E-state index in [1.165, 1.54) is 33.1 Å². The van der Waals surface area contributed by atoms with Gasteiger partial charge in [0, 0.05) is 53.1 Å². The number of para-hydroxylation sites is 1. The number of aryl methyl sites for hydroxylation is 1. The topological polar surface area (TPSA) is 38.1 Å². The summed E-state index contributed by atoms with van der Waals surface area (Å²) in [6.45, 7) is 3.09. The molecule has 2 aromatic carbocycles. The van der Waals surface area contributed by atoms with Gasteiger partial charge in [-0.15, -0.1) is 11.3 Å². The van der Waals surface area contributed by atoms with E-state index < -0.39 is 0 Å². The molecule has 130 valence electrons. The number of carbonyl (C=O) groups is 1. The summed E-state index contributed by atoms with van der Waals surface area (Å²) in [6, 6.07) is 14.8. The molecule has 0 aliphatic heterocycles. The lowest BCUT2D eigenvalue weighted by Crippen LogP contribution is -2.23. The minimum Gasteiger partial charge on any atom is -0.341 e. The molecule has 0 saturated heterocycles. The fraction of sp³-hybridized carbons (Fsp3) is 0.143. The molecule has 4 rings (SSSR count). The Bertz CT molecular complexity index is 1110. The van der Waals surface area contributed by atoms with Crippen molar-refractivity contribution in [2.45, 2.75) is 13.5 Å². The van der Waals surface area contributed by atoms with E-state index in [1.807, 2.05) is 11.5 Å². The highest BCUT2D eigenvalue weighted by Crippen LogP contribution is 2.30. The number of anilines is 1. The third-order valence-electron chi connectivity index (χ3n) is 4.57. The molecule has 4 aromatic rings. The number of rotatable bonds is 4. The number of benzene rings is 2. The van der Waals surface area contributed by atoms with E-state index in [4.69, 9.17) is 0 Å². The number of fused-ring (bicyclic) bond motifs is 3. The van der Waals surface area contributed by atoms with Crippen LogP contribution in [0, 0.1) is 0 Å². The Hall–Kier alpha value is -2.92. The second-order valence-electron chi connectivity index (χ2n) is 6.08. The second-order valence-corrected chi connectivity index (χ2v) is 6.96. The lowest BCUT2D eigenvalue weighted by Gasteiger charge is -2.10. The van der Waals surface area contributed by atoms with E-state index >= 15 is 0 Å². The van der Waals surface area contributed by atoms with Crippen LogP contribution in [0.1, 0.15) is 12.5 Å². The van der Waals surface area contributed by atoms with Crippen LogP contribution in [0.25, 0.3) is 27.9 Å². The van der Waals surface area contributed by atoms with Gasteiger partial charge in [-0.2, -0.15) is 0 Å². The maximum atomic E-state index is 12.3. The first-order valence-corrected chi connectivity index (χ1v) is 9.43. The third kappa shape index (κ3) is 2.80. The van der Waals surface area contributed by atoms with Crippen LogP contribution in [0.3, 0.4) is 0 Å². The smallest absolute Gasteiger partial charge is 0.252 e. The van der Waals surface area contributed by atoms with E-state index in [9.17, 15) is 4.79 Å². The van der Waals surface area contributed by atoms with Crippen molar-refractivity contribution in [2.24, 2.45) is 0 Å². The third-order valence-corrected chi connectivity index (χ3v) is 5.42. The fourth-order valence-electron chi connectivity index (χ4n) is 3.27. The van der Waals surface area contributed by atoms with E-state index in [2.05, 4.69) is 58.9 Å². The summed E-state index contributed by atoms with van der Waals surface area (Å²) in [7, 11) is 1.74. The second kappa shape index (κ2) is 6.77. The van der Waals surface area contributed by atoms with Gasteiger partial charge in [-0.05, 0) is 36.8 Å². The average Bonchev–Trinajstić information content (AvgIpc) is 3.31. The molecule has 4 nitrogen and oxygen atoms in total. The van der Waals surface area contributed by atoms with Gasteiger partial charge in [0.15, 0.2) is 5.13 Å². The minimum absolute atomic E-state index is 0.0870. The van der Waals surface area contributed by atoms with Gasteiger partial charge < -0.3 is 4.57 Å². The highest BCUT2D eigenvalue weighted by molar-refractivity contribution is 7.13. The van der Waals surface area contributed by atoms with E-state index in [0.29, 0.717) is 5.13 Å². The number of amides is 1. The Morgan fingerprint density at radius 3 is 2.77 bits per heavy atom. The molecule has 0 bridgehead atoms. The Labute approximate surface area is 156 Å². The molecule has 0 atom stereocenters. The van der Waals surface area contributed by atoms with Crippen LogP contribution >= 0.6 is 11.3 Å². The Morgan fingerprint density at radius 1 is 1.19 bits per heavy atom. The summed E-state index contributed by atoms with van der Waals surface area (Å²) in [4.78, 5) is 18.1. The first-order valence-electron chi connectivity index (χ1n) is 8.55. The normalized spacial score (nSPS) is 11.6. The van der Waals surface area contributed by atoms with Gasteiger partial charge in [0.05, 0.1) is 0 Å². The largest absolute Gasteiger partial charge is 0.341 e. The highest BCUT2D eigenvalue weighted by Gasteiger charge is 2.11. The predicted molar refractivity (Wildman–Crippen MR) is 110 cm³/mol. The Balaban J connectivity index is 1.69. The number of likely N-dealkylation sites (N-methyl/N-ethyl adjacent to an activating group) is 1. The van der Waals surface area contributed by atoms with Crippen LogP contribution in [0.15, 0.2) is 60.1 Å². The van der Waals surface area contributed by atoms with E-state index in [-0.39, 0.29) is 5.91 Å². The van der Waals surface area contributed by atoms with Crippen molar-refractivity contribution in [3.05, 3.63) is 65.7 Å². The highest BCUT2D eigenvalue weighted by atomic mass is 32.1. The molecule has 0 spiro atoms. The molecule has 26 heavy (non-hydrogen) atoms.